The molecule has 0 fully saturated rings. The molecule has 15 nitrogen and oxygen atoms in total. The minimum absolute atomic E-state index is 0.0605. The van der Waals surface area contributed by atoms with Crippen LogP contribution in [0.4, 0.5) is 9.59 Å². The molecule has 0 saturated carbocycles. The van der Waals surface area contributed by atoms with Gasteiger partial charge in [-0.2, -0.15) is 0 Å². The lowest BCUT2D eigenvalue weighted by atomic mass is 10.1. The normalized spacial score (nSPS) is 11.2. The van der Waals surface area contributed by atoms with Crippen LogP contribution in [0.1, 0.15) is 13.3 Å². The van der Waals surface area contributed by atoms with Crippen LogP contribution in [-0.4, -0.2) is 119 Å². The van der Waals surface area contributed by atoms with Gasteiger partial charge in [-0.15, -0.1) is 0 Å². The Balaban J connectivity index is 3.97. The summed E-state index contributed by atoms with van der Waals surface area (Å²) in [6.07, 6.45) is 1.12. The zero-order valence-corrected chi connectivity index (χ0v) is 24.7. The summed E-state index contributed by atoms with van der Waals surface area (Å²) in [6.45, 7) is 8.56. The molecule has 0 aromatic carbocycles. The van der Waals surface area contributed by atoms with E-state index in [0.29, 0.717) is 19.0 Å². The van der Waals surface area contributed by atoms with Gasteiger partial charge in [0.05, 0.1) is 26.4 Å². The van der Waals surface area contributed by atoms with Crippen molar-refractivity contribution in [1.29, 1.82) is 0 Å². The van der Waals surface area contributed by atoms with Gasteiger partial charge < -0.3 is 52.3 Å². The second-order valence-electron chi connectivity index (χ2n) is 8.13. The van der Waals surface area contributed by atoms with Gasteiger partial charge in [0.15, 0.2) is 0 Å². The fraction of sp³-hybridized carbons (Fsp3) is 0.667. The van der Waals surface area contributed by atoms with Crippen LogP contribution in [0.5, 0.6) is 0 Å². The molecular weight excluding hydrogens is 552 g/mol. The molecule has 0 bridgehead atoms. The molecule has 0 rings (SSSR count). The molecule has 0 aliphatic rings. The Bertz CT molecular complexity index is 760. The van der Waals surface area contributed by atoms with Crippen LogP contribution in [0, 0.1) is 0 Å². The number of hydrogen-bond acceptors (Lipinski definition) is 13. The monoisotopic (exact) mass is 594 g/mol. The zero-order chi connectivity index (χ0) is 30.3. The van der Waals surface area contributed by atoms with Gasteiger partial charge in [0.2, 0.25) is 0 Å². The first kappa shape index (κ1) is 37.0. The second kappa shape index (κ2) is 21.8. The molecular formula is C24H42N2O13Si. The van der Waals surface area contributed by atoms with Gasteiger partial charge in [-0.25, -0.2) is 19.2 Å². The molecule has 16 heteroatoms. The molecule has 2 N–H and O–H groups in total. The Morgan fingerprint density at radius 2 is 1.18 bits per heavy atom. The van der Waals surface area contributed by atoms with Gasteiger partial charge in [0.25, 0.3) is 0 Å². The third kappa shape index (κ3) is 17.5. The first-order valence-electron chi connectivity index (χ1n) is 12.3. The summed E-state index contributed by atoms with van der Waals surface area (Å²) in [4.78, 5) is 46.5. The average Bonchev–Trinajstić information content (AvgIpc) is 2.96. The lowest BCUT2D eigenvalue weighted by Gasteiger charge is -2.28. The summed E-state index contributed by atoms with van der Waals surface area (Å²) in [5.41, 5.74) is -1.26. The second-order valence-corrected chi connectivity index (χ2v) is 11.2. The molecule has 0 radical (unpaired) electrons. The smallest absolute Gasteiger partial charge is 0.460 e. The van der Waals surface area contributed by atoms with E-state index in [1.54, 1.807) is 0 Å². The number of carbonyl (C=O) groups excluding carboxylic acids is 4. The van der Waals surface area contributed by atoms with E-state index in [1.807, 2.05) is 0 Å². The number of amides is 2. The number of nitrogens with one attached hydrogen (secondary N) is 2. The summed E-state index contributed by atoms with van der Waals surface area (Å²) >= 11 is 0. The molecule has 2 amide bonds. The zero-order valence-electron chi connectivity index (χ0n) is 23.7. The van der Waals surface area contributed by atoms with Crippen LogP contribution < -0.4 is 10.6 Å². The van der Waals surface area contributed by atoms with Gasteiger partial charge in [-0.1, -0.05) is 13.2 Å². The van der Waals surface area contributed by atoms with Crippen LogP contribution in [0.2, 0.25) is 6.04 Å². The van der Waals surface area contributed by atoms with Crippen molar-refractivity contribution < 1.29 is 60.9 Å². The van der Waals surface area contributed by atoms with E-state index in [2.05, 4.69) is 23.8 Å². The predicted octanol–water partition coefficient (Wildman–Crippen LogP) is 0.957. The van der Waals surface area contributed by atoms with Crippen LogP contribution >= 0.6 is 0 Å². The van der Waals surface area contributed by atoms with Crippen LogP contribution in [0.3, 0.4) is 0 Å². The van der Waals surface area contributed by atoms with E-state index in [1.165, 1.54) is 28.3 Å². The Morgan fingerprint density at radius 1 is 0.725 bits per heavy atom. The first-order chi connectivity index (χ1) is 19.1. The van der Waals surface area contributed by atoms with Crippen molar-refractivity contribution in [1.82, 2.24) is 10.6 Å². The number of hydrogen-bond donors (Lipinski definition) is 2. The highest BCUT2D eigenvalue weighted by Crippen LogP contribution is 2.14. The fourth-order valence-electron chi connectivity index (χ4n) is 2.79. The van der Waals surface area contributed by atoms with Gasteiger partial charge in [0.1, 0.15) is 32.0 Å². The molecule has 40 heavy (non-hydrogen) atoms. The minimum atomic E-state index is -2.66. The van der Waals surface area contributed by atoms with Crippen molar-refractivity contribution >= 4 is 32.9 Å². The number of esters is 2. The third-order valence-electron chi connectivity index (χ3n) is 4.96. The molecule has 0 aliphatic carbocycles. The summed E-state index contributed by atoms with van der Waals surface area (Å²) < 4.78 is 46.5. The predicted molar refractivity (Wildman–Crippen MR) is 142 cm³/mol. The highest BCUT2D eigenvalue weighted by Gasteiger charge is 2.36. The van der Waals surface area contributed by atoms with Crippen LogP contribution in [-0.2, 0) is 51.3 Å². The Hall–Kier alpha value is -3.02. The molecule has 0 aliphatic heterocycles. The van der Waals surface area contributed by atoms with E-state index in [9.17, 15) is 19.2 Å². The highest BCUT2D eigenvalue weighted by atomic mass is 28.4. The fourth-order valence-corrected chi connectivity index (χ4v) is 4.51. The topological polar surface area (TPSA) is 175 Å². The van der Waals surface area contributed by atoms with Crippen LogP contribution in [0.25, 0.3) is 0 Å². The summed E-state index contributed by atoms with van der Waals surface area (Å²) in [5.74, 6) is -1.42. The van der Waals surface area contributed by atoms with Crippen molar-refractivity contribution in [3.63, 3.8) is 0 Å². The quantitative estimate of drug-likeness (QED) is 0.0563. The first-order valence-corrected chi connectivity index (χ1v) is 14.3. The summed E-state index contributed by atoms with van der Waals surface area (Å²) in [7, 11) is 1.92. The molecule has 230 valence electrons. The maximum absolute atomic E-state index is 12.1. The summed E-state index contributed by atoms with van der Waals surface area (Å²) in [5, 5.41) is 5.11. The Morgan fingerprint density at radius 3 is 1.62 bits per heavy atom. The number of ether oxygens (including phenoxy) is 6. The molecule has 0 unspecified atom stereocenters. The number of rotatable bonds is 23. The Labute approximate surface area is 235 Å². The van der Waals surface area contributed by atoms with E-state index >= 15 is 0 Å². The Kier molecular flexibility index (Phi) is 20.1. The maximum Gasteiger partial charge on any atom is 0.500 e. The van der Waals surface area contributed by atoms with Crippen molar-refractivity contribution in [2.45, 2.75) is 24.9 Å². The molecule has 0 heterocycles. The molecule has 0 atom stereocenters. The van der Waals surface area contributed by atoms with Crippen molar-refractivity contribution in [2.75, 3.05) is 80.7 Å². The van der Waals surface area contributed by atoms with Crippen molar-refractivity contribution in [3.05, 3.63) is 25.3 Å². The minimum Gasteiger partial charge on any atom is -0.460 e. The molecule has 0 aromatic rings. The average molecular weight is 595 g/mol. The maximum atomic E-state index is 12.1. The van der Waals surface area contributed by atoms with E-state index in [0.717, 1.165) is 12.2 Å². The number of alkyl carbamates (subject to hydrolysis) is 2. The number of carbonyl (C=O) groups is 4. The highest BCUT2D eigenvalue weighted by molar-refractivity contribution is 6.60. The molecule has 0 saturated heterocycles. The standard InChI is InChI=1S/C24H42N2O13Si/c1-7-20(27)38-18-24(3,19-39-21(28)8-2)26-23(30)37-16-14-35-12-11-34-13-15-36-22(29)25-10-9-17-40(31-4,32-5)33-6/h7-8H,1-2,9-19H2,3-6H3,(H,25,29)(H,26,30). The summed E-state index contributed by atoms with van der Waals surface area (Å²) in [6, 6.07) is 0.551. The van der Waals surface area contributed by atoms with Gasteiger partial charge in [-0.05, 0) is 13.3 Å². The van der Waals surface area contributed by atoms with Crippen molar-refractivity contribution in [2.24, 2.45) is 0 Å². The van der Waals surface area contributed by atoms with Gasteiger partial charge >= 0.3 is 32.9 Å². The largest absolute Gasteiger partial charge is 0.500 e. The van der Waals surface area contributed by atoms with Crippen molar-refractivity contribution in [3.8, 4) is 0 Å². The van der Waals surface area contributed by atoms with Crippen LogP contribution in [0.15, 0.2) is 25.3 Å². The SMILES string of the molecule is C=CC(=O)OCC(C)(COC(=O)C=C)NC(=O)OCCOCCOCCOC(=O)NCCC[Si](OC)(OC)OC. The van der Waals surface area contributed by atoms with Gasteiger partial charge in [-0.3, -0.25) is 0 Å². The molecule has 0 aromatic heterocycles. The van der Waals surface area contributed by atoms with Gasteiger partial charge in [0, 0.05) is 46.1 Å². The van der Waals surface area contributed by atoms with E-state index in [4.69, 9.17) is 41.7 Å². The molecule has 0 spiro atoms. The third-order valence-corrected chi connectivity index (χ3v) is 7.79. The lowest BCUT2D eigenvalue weighted by molar-refractivity contribution is -0.144. The lowest BCUT2D eigenvalue weighted by Crippen LogP contribution is -2.53. The van der Waals surface area contributed by atoms with E-state index < -0.39 is 38.5 Å². The van der Waals surface area contributed by atoms with E-state index in [-0.39, 0.29) is 52.9 Å².